The Morgan fingerprint density at radius 1 is 0.851 bits per heavy atom. The van der Waals surface area contributed by atoms with E-state index in [2.05, 4.69) is 5.32 Å². The fraction of sp³-hybridized carbons (Fsp3) is 0.297. The Morgan fingerprint density at radius 3 is 2.15 bits per heavy atom. The number of hydrogen-bond acceptors (Lipinski definition) is 4. The third kappa shape index (κ3) is 8.78. The van der Waals surface area contributed by atoms with Gasteiger partial charge in [0.05, 0.1) is 15.6 Å². The Kier molecular flexibility index (Phi) is 11.3. The fourth-order valence-electron chi connectivity index (χ4n) is 5.89. The molecular formula is C37H39ClFN3O4S. The van der Waals surface area contributed by atoms with Gasteiger partial charge in [0.15, 0.2) is 0 Å². The van der Waals surface area contributed by atoms with Gasteiger partial charge in [0.1, 0.15) is 18.4 Å². The molecule has 4 aromatic rings. The van der Waals surface area contributed by atoms with Gasteiger partial charge in [-0.05, 0) is 67.3 Å². The topological polar surface area (TPSA) is 86.8 Å². The summed E-state index contributed by atoms with van der Waals surface area (Å²) in [5.41, 5.74) is 2.44. The van der Waals surface area contributed by atoms with Crippen molar-refractivity contribution in [1.29, 1.82) is 0 Å². The van der Waals surface area contributed by atoms with Crippen molar-refractivity contribution in [1.82, 2.24) is 10.2 Å². The van der Waals surface area contributed by atoms with Crippen molar-refractivity contribution in [2.45, 2.75) is 69.0 Å². The second kappa shape index (κ2) is 15.6. The minimum absolute atomic E-state index is 0.00298. The lowest BCUT2D eigenvalue weighted by molar-refractivity contribution is -0.140. The van der Waals surface area contributed by atoms with Crippen LogP contribution in [0.1, 0.15) is 48.8 Å². The first-order valence-corrected chi connectivity index (χ1v) is 17.7. The van der Waals surface area contributed by atoms with Gasteiger partial charge in [-0.25, -0.2) is 12.8 Å². The molecule has 0 aromatic heterocycles. The second-order valence-corrected chi connectivity index (χ2v) is 14.2. The molecule has 1 unspecified atom stereocenters. The molecule has 47 heavy (non-hydrogen) atoms. The fourth-order valence-corrected chi connectivity index (χ4v) is 7.61. The summed E-state index contributed by atoms with van der Waals surface area (Å²) in [7, 11) is -4.28. The maximum atomic E-state index is 14.6. The monoisotopic (exact) mass is 675 g/mol. The maximum absolute atomic E-state index is 14.6. The number of nitrogens with zero attached hydrogens (tertiary/aromatic N) is 2. The standard InChI is InChI=1S/C37H39ClFN3O4S/c1-27-16-22-32(23-17-27)47(45,46)42(34-15-9-8-14-33(34)38)26-36(43)41(25-29-18-20-30(39)21-19-29)35(24-28-10-4-2-5-11-28)37(44)40-31-12-6-3-7-13-31/h2,4-5,8-11,14-23,31,35H,3,6-7,12-13,24-26H2,1H3,(H,40,44). The van der Waals surface area contributed by atoms with Gasteiger partial charge in [-0.1, -0.05) is 103 Å². The molecule has 2 amide bonds. The summed E-state index contributed by atoms with van der Waals surface area (Å²) < 4.78 is 43.3. The zero-order valence-electron chi connectivity index (χ0n) is 26.3. The molecule has 0 radical (unpaired) electrons. The molecule has 7 nitrogen and oxygen atoms in total. The first-order valence-electron chi connectivity index (χ1n) is 15.8. The van der Waals surface area contributed by atoms with Crippen LogP contribution in [0.15, 0.2) is 108 Å². The molecule has 0 bridgehead atoms. The first kappa shape index (κ1) is 34.1. The molecule has 1 aliphatic carbocycles. The number of halogens is 2. The van der Waals surface area contributed by atoms with Crippen molar-refractivity contribution in [3.8, 4) is 0 Å². The Balaban J connectivity index is 1.56. The number of carbonyl (C=O) groups excluding carboxylic acids is 2. The highest BCUT2D eigenvalue weighted by atomic mass is 35.5. The lowest BCUT2D eigenvalue weighted by Crippen LogP contribution is -2.55. The van der Waals surface area contributed by atoms with Gasteiger partial charge in [0.2, 0.25) is 11.8 Å². The minimum atomic E-state index is -4.28. The number of hydrogen-bond donors (Lipinski definition) is 1. The number of anilines is 1. The Labute approximate surface area is 281 Å². The minimum Gasteiger partial charge on any atom is -0.352 e. The molecule has 0 aliphatic heterocycles. The molecule has 1 fully saturated rings. The van der Waals surface area contributed by atoms with Gasteiger partial charge < -0.3 is 10.2 Å². The molecule has 1 N–H and O–H groups in total. The Hall–Kier alpha value is -4.21. The van der Waals surface area contributed by atoms with Gasteiger partial charge in [-0.2, -0.15) is 0 Å². The van der Waals surface area contributed by atoms with Gasteiger partial charge in [-0.15, -0.1) is 0 Å². The van der Waals surface area contributed by atoms with Crippen LogP contribution in [0.25, 0.3) is 0 Å². The molecule has 1 saturated carbocycles. The van der Waals surface area contributed by atoms with E-state index in [4.69, 9.17) is 11.6 Å². The van der Waals surface area contributed by atoms with Crippen LogP contribution in [0.2, 0.25) is 5.02 Å². The molecule has 1 aliphatic rings. The summed E-state index contributed by atoms with van der Waals surface area (Å²) in [6.07, 6.45) is 5.04. The van der Waals surface area contributed by atoms with Crippen LogP contribution in [0, 0.1) is 12.7 Å². The number of benzene rings is 4. The van der Waals surface area contributed by atoms with Gasteiger partial charge >= 0.3 is 0 Å². The zero-order chi connectivity index (χ0) is 33.4. The molecular weight excluding hydrogens is 637 g/mol. The molecule has 4 aromatic carbocycles. The summed E-state index contributed by atoms with van der Waals surface area (Å²) in [5.74, 6) is -1.36. The van der Waals surface area contributed by atoms with Crippen LogP contribution in [-0.4, -0.2) is 43.8 Å². The molecule has 5 rings (SSSR count). The predicted octanol–water partition coefficient (Wildman–Crippen LogP) is 7.07. The number of carbonyl (C=O) groups is 2. The number of sulfonamides is 1. The zero-order valence-corrected chi connectivity index (χ0v) is 27.9. The largest absolute Gasteiger partial charge is 0.352 e. The number of para-hydroxylation sites is 1. The SMILES string of the molecule is Cc1ccc(S(=O)(=O)N(CC(=O)N(Cc2ccc(F)cc2)C(Cc2ccccc2)C(=O)NC2CCCCC2)c2ccccc2Cl)cc1. The quantitative estimate of drug-likeness (QED) is 0.174. The van der Waals surface area contributed by atoms with E-state index in [9.17, 15) is 22.4 Å². The van der Waals surface area contributed by atoms with Gasteiger partial charge in [0, 0.05) is 19.0 Å². The number of aryl methyl sites for hydroxylation is 1. The van der Waals surface area contributed by atoms with Crippen molar-refractivity contribution in [3.63, 3.8) is 0 Å². The van der Waals surface area contributed by atoms with E-state index >= 15 is 0 Å². The van der Waals surface area contributed by atoms with E-state index in [1.54, 1.807) is 48.5 Å². The van der Waals surface area contributed by atoms with Crippen molar-refractivity contribution in [2.24, 2.45) is 0 Å². The highest BCUT2D eigenvalue weighted by Gasteiger charge is 2.36. The van der Waals surface area contributed by atoms with Crippen molar-refractivity contribution in [2.75, 3.05) is 10.8 Å². The van der Waals surface area contributed by atoms with E-state index < -0.39 is 34.3 Å². The van der Waals surface area contributed by atoms with Crippen molar-refractivity contribution >= 4 is 39.1 Å². The molecule has 0 heterocycles. The first-order chi connectivity index (χ1) is 22.6. The van der Waals surface area contributed by atoms with Crippen LogP contribution in [0.4, 0.5) is 10.1 Å². The summed E-state index contributed by atoms with van der Waals surface area (Å²) >= 11 is 6.54. The van der Waals surface area contributed by atoms with E-state index in [-0.39, 0.29) is 40.5 Å². The highest BCUT2D eigenvalue weighted by Crippen LogP contribution is 2.31. The van der Waals surface area contributed by atoms with E-state index in [0.29, 0.717) is 5.56 Å². The smallest absolute Gasteiger partial charge is 0.264 e. The molecule has 0 saturated heterocycles. The van der Waals surface area contributed by atoms with Crippen molar-refractivity contribution in [3.05, 3.63) is 131 Å². The third-order valence-electron chi connectivity index (χ3n) is 8.50. The van der Waals surface area contributed by atoms with Crippen LogP contribution >= 0.6 is 11.6 Å². The van der Waals surface area contributed by atoms with Crippen LogP contribution < -0.4 is 9.62 Å². The van der Waals surface area contributed by atoms with E-state index in [1.807, 2.05) is 37.3 Å². The van der Waals surface area contributed by atoms with Gasteiger partial charge in [0.25, 0.3) is 10.0 Å². The maximum Gasteiger partial charge on any atom is 0.264 e. The summed E-state index contributed by atoms with van der Waals surface area (Å²) in [5, 5.41) is 3.33. The number of nitrogens with one attached hydrogen (secondary N) is 1. The number of rotatable bonds is 12. The van der Waals surface area contributed by atoms with Crippen LogP contribution in [-0.2, 0) is 32.6 Å². The van der Waals surface area contributed by atoms with Crippen molar-refractivity contribution < 1.29 is 22.4 Å². The average Bonchev–Trinajstić information content (AvgIpc) is 3.07. The third-order valence-corrected chi connectivity index (χ3v) is 10.6. The van der Waals surface area contributed by atoms with Crippen LogP contribution in [0.3, 0.4) is 0 Å². The molecule has 0 spiro atoms. The average molecular weight is 676 g/mol. The lowest BCUT2D eigenvalue weighted by atomic mass is 9.94. The van der Waals surface area contributed by atoms with E-state index in [1.165, 1.54) is 29.2 Å². The van der Waals surface area contributed by atoms with Gasteiger partial charge in [-0.3, -0.25) is 13.9 Å². The Morgan fingerprint density at radius 2 is 1.49 bits per heavy atom. The molecule has 10 heteroatoms. The summed E-state index contributed by atoms with van der Waals surface area (Å²) in [6, 6.07) is 26.9. The second-order valence-electron chi connectivity index (χ2n) is 12.0. The Bertz CT molecular complexity index is 1760. The van der Waals surface area contributed by atoms with E-state index in [0.717, 1.165) is 47.5 Å². The summed E-state index contributed by atoms with van der Waals surface area (Å²) in [4.78, 5) is 30.1. The highest BCUT2D eigenvalue weighted by molar-refractivity contribution is 7.92. The molecule has 246 valence electrons. The predicted molar refractivity (Wildman–Crippen MR) is 183 cm³/mol. The summed E-state index contributed by atoms with van der Waals surface area (Å²) in [6.45, 7) is 1.18. The normalized spacial score (nSPS) is 14.3. The van der Waals surface area contributed by atoms with Crippen LogP contribution in [0.5, 0.6) is 0 Å². The molecule has 1 atom stereocenters. The lowest BCUT2D eigenvalue weighted by Gasteiger charge is -2.35. The number of amides is 2.